The first kappa shape index (κ1) is 13.2. The largest absolute Gasteiger partial charge is 0.497 e. The van der Waals surface area contributed by atoms with Crippen LogP contribution in [0.3, 0.4) is 0 Å². The van der Waals surface area contributed by atoms with Crippen molar-refractivity contribution in [3.8, 4) is 5.75 Å². The summed E-state index contributed by atoms with van der Waals surface area (Å²) in [5, 5.41) is 4.16. The summed E-state index contributed by atoms with van der Waals surface area (Å²) < 4.78 is 5.13. The van der Waals surface area contributed by atoms with Gasteiger partial charge in [0.25, 0.3) is 5.91 Å². The third kappa shape index (κ3) is 2.85. The van der Waals surface area contributed by atoms with E-state index < -0.39 is 0 Å². The summed E-state index contributed by atoms with van der Waals surface area (Å²) in [7, 11) is 1.63. The highest BCUT2D eigenvalue weighted by atomic mass is 32.1. The molecule has 0 saturated heterocycles. The highest BCUT2D eigenvalue weighted by Crippen LogP contribution is 2.30. The molecule has 1 aliphatic rings. The summed E-state index contributed by atoms with van der Waals surface area (Å²) in [6, 6.07) is 9.84. The summed E-state index contributed by atoms with van der Waals surface area (Å²) >= 11 is 1.67. The Morgan fingerprint density at radius 1 is 1.30 bits per heavy atom. The van der Waals surface area contributed by atoms with Crippen molar-refractivity contribution in [3.05, 3.63) is 52.2 Å². The Labute approximate surface area is 122 Å². The normalized spacial score (nSPS) is 14.1. The van der Waals surface area contributed by atoms with Crippen molar-refractivity contribution < 1.29 is 9.53 Å². The van der Waals surface area contributed by atoms with Crippen molar-refractivity contribution in [2.75, 3.05) is 7.11 Å². The Morgan fingerprint density at radius 2 is 2.05 bits per heavy atom. The van der Waals surface area contributed by atoms with E-state index in [9.17, 15) is 4.79 Å². The second kappa shape index (κ2) is 5.67. The van der Waals surface area contributed by atoms with Crippen molar-refractivity contribution in [2.45, 2.75) is 25.4 Å². The summed E-state index contributed by atoms with van der Waals surface area (Å²) in [6.07, 6.45) is 2.23. The second-order valence-corrected chi connectivity index (χ2v) is 5.80. The molecule has 4 heteroatoms. The van der Waals surface area contributed by atoms with Gasteiger partial charge in [0, 0.05) is 18.2 Å². The second-order valence-electron chi connectivity index (χ2n) is 5.02. The number of amides is 1. The molecule has 0 N–H and O–H groups in total. The molecule has 20 heavy (non-hydrogen) atoms. The van der Waals surface area contributed by atoms with Crippen LogP contribution in [0.2, 0.25) is 0 Å². The Morgan fingerprint density at radius 3 is 2.60 bits per heavy atom. The van der Waals surface area contributed by atoms with Gasteiger partial charge in [-0.25, -0.2) is 0 Å². The molecule has 104 valence electrons. The van der Waals surface area contributed by atoms with E-state index in [4.69, 9.17) is 4.74 Å². The summed E-state index contributed by atoms with van der Waals surface area (Å²) in [4.78, 5) is 14.6. The van der Waals surface area contributed by atoms with E-state index in [2.05, 4.69) is 16.8 Å². The zero-order valence-electron chi connectivity index (χ0n) is 11.4. The van der Waals surface area contributed by atoms with Gasteiger partial charge in [-0.3, -0.25) is 4.79 Å². The van der Waals surface area contributed by atoms with Gasteiger partial charge in [0.2, 0.25) is 0 Å². The predicted molar refractivity (Wildman–Crippen MR) is 80.2 cm³/mol. The fourth-order valence-electron chi connectivity index (χ4n) is 2.23. The average molecular weight is 287 g/mol. The third-order valence-corrected chi connectivity index (χ3v) is 4.25. The van der Waals surface area contributed by atoms with Crippen molar-refractivity contribution in [1.29, 1.82) is 0 Å². The molecule has 0 aliphatic heterocycles. The lowest BCUT2D eigenvalue weighted by Crippen LogP contribution is -2.32. The monoisotopic (exact) mass is 287 g/mol. The zero-order valence-corrected chi connectivity index (χ0v) is 12.2. The number of methoxy groups -OCH3 is 1. The fourth-order valence-corrected chi connectivity index (χ4v) is 2.89. The van der Waals surface area contributed by atoms with Gasteiger partial charge in [0.1, 0.15) is 5.75 Å². The molecule has 1 aromatic carbocycles. The molecule has 0 unspecified atom stereocenters. The van der Waals surface area contributed by atoms with Crippen LogP contribution in [0.25, 0.3) is 0 Å². The van der Waals surface area contributed by atoms with Gasteiger partial charge in [-0.05, 0) is 59.5 Å². The molecule has 1 aliphatic carbocycles. The van der Waals surface area contributed by atoms with E-state index in [1.807, 2.05) is 29.2 Å². The molecule has 0 bridgehead atoms. The molecule has 1 amide bonds. The first-order valence-corrected chi connectivity index (χ1v) is 7.68. The molecule has 1 aromatic heterocycles. The van der Waals surface area contributed by atoms with Crippen LogP contribution in [0.4, 0.5) is 0 Å². The van der Waals surface area contributed by atoms with Gasteiger partial charge in [-0.1, -0.05) is 0 Å². The molecular formula is C16H17NO2S. The topological polar surface area (TPSA) is 29.5 Å². The number of benzene rings is 1. The number of carbonyl (C=O) groups excluding carboxylic acids is 1. The minimum atomic E-state index is 0.112. The van der Waals surface area contributed by atoms with Crippen molar-refractivity contribution >= 4 is 17.2 Å². The molecule has 2 aromatic rings. The molecule has 1 heterocycles. The van der Waals surface area contributed by atoms with Crippen LogP contribution in [-0.2, 0) is 6.54 Å². The first-order chi connectivity index (χ1) is 9.78. The Balaban J connectivity index is 1.77. The van der Waals surface area contributed by atoms with E-state index in [0.29, 0.717) is 12.6 Å². The summed E-state index contributed by atoms with van der Waals surface area (Å²) in [6.45, 7) is 0.707. The zero-order chi connectivity index (χ0) is 13.9. The van der Waals surface area contributed by atoms with E-state index in [-0.39, 0.29) is 5.91 Å². The standard InChI is InChI=1S/C16H17NO2S/c1-19-15-6-2-13(3-7-15)16(18)17(14-4-5-14)10-12-8-9-20-11-12/h2-3,6-9,11,14H,4-5,10H2,1H3. The minimum Gasteiger partial charge on any atom is -0.497 e. The SMILES string of the molecule is COc1ccc(C(=O)N(Cc2ccsc2)C2CC2)cc1. The summed E-state index contributed by atoms with van der Waals surface area (Å²) in [5.74, 6) is 0.888. The van der Waals surface area contributed by atoms with Crippen LogP contribution in [0.15, 0.2) is 41.1 Å². The van der Waals surface area contributed by atoms with Gasteiger partial charge in [0.05, 0.1) is 7.11 Å². The van der Waals surface area contributed by atoms with E-state index in [1.165, 1.54) is 5.56 Å². The maximum atomic E-state index is 12.6. The van der Waals surface area contributed by atoms with Gasteiger partial charge in [-0.15, -0.1) is 0 Å². The molecule has 1 fully saturated rings. The van der Waals surface area contributed by atoms with Crippen LogP contribution in [0.5, 0.6) is 5.75 Å². The maximum absolute atomic E-state index is 12.6. The average Bonchev–Trinajstić information content (AvgIpc) is 3.21. The van der Waals surface area contributed by atoms with Crippen molar-refractivity contribution in [2.24, 2.45) is 0 Å². The van der Waals surface area contributed by atoms with Crippen molar-refractivity contribution in [3.63, 3.8) is 0 Å². The van der Waals surface area contributed by atoms with E-state index in [1.54, 1.807) is 18.4 Å². The molecule has 1 saturated carbocycles. The minimum absolute atomic E-state index is 0.112. The Hall–Kier alpha value is -1.81. The number of nitrogens with zero attached hydrogens (tertiary/aromatic N) is 1. The smallest absolute Gasteiger partial charge is 0.254 e. The Bertz CT molecular complexity index is 573. The van der Waals surface area contributed by atoms with Crippen LogP contribution >= 0.6 is 11.3 Å². The molecule has 3 rings (SSSR count). The van der Waals surface area contributed by atoms with Crippen LogP contribution in [0, 0.1) is 0 Å². The Kier molecular flexibility index (Phi) is 3.74. The lowest BCUT2D eigenvalue weighted by molar-refractivity contribution is 0.0730. The number of hydrogen-bond acceptors (Lipinski definition) is 3. The highest BCUT2D eigenvalue weighted by molar-refractivity contribution is 7.07. The van der Waals surface area contributed by atoms with Gasteiger partial charge in [0.15, 0.2) is 0 Å². The quantitative estimate of drug-likeness (QED) is 0.841. The van der Waals surface area contributed by atoms with E-state index in [0.717, 1.165) is 24.2 Å². The molecule has 0 atom stereocenters. The van der Waals surface area contributed by atoms with Crippen LogP contribution < -0.4 is 4.74 Å². The van der Waals surface area contributed by atoms with Crippen LogP contribution in [-0.4, -0.2) is 24.0 Å². The number of ether oxygens (including phenoxy) is 1. The molecule has 3 nitrogen and oxygen atoms in total. The molecule has 0 spiro atoms. The molecular weight excluding hydrogens is 270 g/mol. The predicted octanol–water partition coefficient (Wildman–Crippen LogP) is 3.56. The van der Waals surface area contributed by atoms with Crippen LogP contribution in [0.1, 0.15) is 28.8 Å². The first-order valence-electron chi connectivity index (χ1n) is 6.74. The van der Waals surface area contributed by atoms with Gasteiger partial charge >= 0.3 is 0 Å². The van der Waals surface area contributed by atoms with Gasteiger partial charge in [-0.2, -0.15) is 11.3 Å². The lowest BCUT2D eigenvalue weighted by Gasteiger charge is -2.22. The maximum Gasteiger partial charge on any atom is 0.254 e. The number of carbonyl (C=O) groups is 1. The van der Waals surface area contributed by atoms with Gasteiger partial charge < -0.3 is 9.64 Å². The number of hydrogen-bond donors (Lipinski definition) is 0. The van der Waals surface area contributed by atoms with Crippen molar-refractivity contribution in [1.82, 2.24) is 4.90 Å². The summed E-state index contributed by atoms with van der Waals surface area (Å²) in [5.41, 5.74) is 1.94. The highest BCUT2D eigenvalue weighted by Gasteiger charge is 2.33. The third-order valence-electron chi connectivity index (χ3n) is 3.52. The molecule has 0 radical (unpaired) electrons. The fraction of sp³-hybridized carbons (Fsp3) is 0.312. The van der Waals surface area contributed by atoms with E-state index >= 15 is 0 Å². The number of thiophene rings is 1. The lowest BCUT2D eigenvalue weighted by atomic mass is 10.1. The number of rotatable bonds is 5.